The number of hydrogen-bond donors (Lipinski definition) is 2. The lowest BCUT2D eigenvalue weighted by molar-refractivity contribution is 0.631. The van der Waals surface area contributed by atoms with E-state index in [-0.39, 0.29) is 0 Å². The fourth-order valence-electron chi connectivity index (χ4n) is 8.74. The summed E-state index contributed by atoms with van der Waals surface area (Å²) in [5.41, 5.74) is 24.4. The number of halogens is 2. The summed E-state index contributed by atoms with van der Waals surface area (Å²) >= 11 is 13.3. The first kappa shape index (κ1) is 42.0. The van der Waals surface area contributed by atoms with Crippen LogP contribution < -0.4 is 11.5 Å². The molecule has 0 aliphatic rings. The molecule has 0 radical (unpaired) electrons. The highest BCUT2D eigenvalue weighted by atomic mass is 35.5. The van der Waals surface area contributed by atoms with Crippen molar-refractivity contribution in [3.05, 3.63) is 167 Å². The first-order valence-electron chi connectivity index (χ1n) is 21.7. The third-order valence-electron chi connectivity index (χ3n) is 12.0. The highest BCUT2D eigenvalue weighted by Crippen LogP contribution is 2.40. The molecule has 0 fully saturated rings. The number of nitrogen functional groups attached to an aromatic ring is 2. The maximum Gasteiger partial charge on any atom is 0.206 e. The van der Waals surface area contributed by atoms with Crippen molar-refractivity contribution in [2.75, 3.05) is 11.5 Å². The number of aryl methyl sites for hydroxylation is 2. The van der Waals surface area contributed by atoms with E-state index in [4.69, 9.17) is 54.0 Å². The second kappa shape index (κ2) is 17.3. The fraction of sp³-hybridized carbons (Fsp3) is 0.0741. The average Bonchev–Trinajstić information content (AvgIpc) is 4.15. The third kappa shape index (κ3) is 7.54. The van der Waals surface area contributed by atoms with Crippen LogP contribution in [0.4, 0.5) is 11.9 Å². The summed E-state index contributed by atoms with van der Waals surface area (Å²) in [4.78, 5) is 18.2. The molecule has 12 rings (SSSR count). The molecule has 68 heavy (non-hydrogen) atoms. The molecule has 6 aromatic carbocycles. The number of hydrogen-bond acceptors (Lipinski definition) is 10. The van der Waals surface area contributed by atoms with Crippen LogP contribution in [-0.2, 0) is 12.8 Å². The molecule has 6 aromatic heterocycles. The van der Waals surface area contributed by atoms with Crippen molar-refractivity contribution < 1.29 is 8.83 Å². The molecule has 12 nitrogen and oxygen atoms in total. The molecule has 0 atom stereocenters. The van der Waals surface area contributed by atoms with Gasteiger partial charge in [-0.05, 0) is 96.8 Å². The van der Waals surface area contributed by atoms with E-state index in [0.717, 1.165) is 88.4 Å². The monoisotopic (exact) mass is 926 g/mol. The van der Waals surface area contributed by atoms with Crippen LogP contribution in [0, 0.1) is 22.7 Å². The fourth-order valence-corrected chi connectivity index (χ4v) is 9.24. The van der Waals surface area contributed by atoms with Gasteiger partial charge in [0.1, 0.15) is 33.7 Å². The molecule has 12 aromatic rings. The Kier molecular flexibility index (Phi) is 10.7. The number of fused-ring (bicyclic) bond motifs is 8. The minimum absolute atomic E-state index is 0.370. The van der Waals surface area contributed by atoms with Crippen LogP contribution in [0.2, 0.25) is 10.0 Å². The van der Waals surface area contributed by atoms with Crippen LogP contribution in [-0.4, -0.2) is 29.1 Å². The molecular formula is C54H36Cl2N10O2. The molecule has 14 heteroatoms. The van der Waals surface area contributed by atoms with E-state index < -0.39 is 0 Å². The van der Waals surface area contributed by atoms with Gasteiger partial charge in [0.05, 0.1) is 56.6 Å². The van der Waals surface area contributed by atoms with E-state index in [1.807, 2.05) is 143 Å². The Balaban J connectivity index is 0.000000149. The number of anilines is 2. The van der Waals surface area contributed by atoms with Crippen molar-refractivity contribution in [3.8, 4) is 46.2 Å². The van der Waals surface area contributed by atoms with Gasteiger partial charge < -0.3 is 20.3 Å². The minimum Gasteiger partial charge on any atom is -0.456 e. The number of benzene rings is 6. The maximum atomic E-state index is 8.85. The van der Waals surface area contributed by atoms with E-state index in [1.165, 1.54) is 0 Å². The number of nitriles is 2. The van der Waals surface area contributed by atoms with Crippen LogP contribution in [0.3, 0.4) is 0 Å². The summed E-state index contributed by atoms with van der Waals surface area (Å²) in [5.74, 6) is 2.11. The topological polar surface area (TPSA) is 187 Å². The zero-order chi connectivity index (χ0) is 46.5. The van der Waals surface area contributed by atoms with Crippen LogP contribution in [0.1, 0.15) is 24.0 Å². The molecule has 6 heterocycles. The molecule has 0 bridgehead atoms. The molecule has 0 spiro atoms. The van der Waals surface area contributed by atoms with Crippen molar-refractivity contribution in [2.24, 2.45) is 0 Å². The molecule has 4 N–H and O–H groups in total. The van der Waals surface area contributed by atoms with E-state index >= 15 is 0 Å². The van der Waals surface area contributed by atoms with Crippen LogP contribution in [0.15, 0.2) is 155 Å². The highest BCUT2D eigenvalue weighted by molar-refractivity contribution is 6.35. The minimum atomic E-state index is 0.370. The third-order valence-corrected chi connectivity index (χ3v) is 12.6. The largest absolute Gasteiger partial charge is 0.456 e. The zero-order valence-corrected chi connectivity index (χ0v) is 37.5. The molecule has 328 valence electrons. The van der Waals surface area contributed by atoms with Crippen molar-refractivity contribution in [2.45, 2.75) is 25.7 Å². The normalized spacial score (nSPS) is 11.4. The van der Waals surface area contributed by atoms with Crippen molar-refractivity contribution >= 4 is 101 Å². The smallest absolute Gasteiger partial charge is 0.206 e. The molecule has 0 aliphatic heterocycles. The number of nitrogens with two attached hydrogens (primary N) is 2. The Hall–Kier alpha value is -8.68. The summed E-state index contributed by atoms with van der Waals surface area (Å²) in [5, 5.41) is 22.6. The number of para-hydroxylation sites is 2. The first-order valence-corrected chi connectivity index (χ1v) is 22.4. The van der Waals surface area contributed by atoms with E-state index in [9.17, 15) is 0 Å². The van der Waals surface area contributed by atoms with Gasteiger partial charge in [-0.1, -0.05) is 83.9 Å². The average molecular weight is 928 g/mol. The lowest BCUT2D eigenvalue weighted by atomic mass is 10.1. The molecule has 0 saturated heterocycles. The second-order valence-corrected chi connectivity index (χ2v) is 17.1. The number of rotatable bonds is 8. The van der Waals surface area contributed by atoms with Gasteiger partial charge in [0.2, 0.25) is 11.9 Å². The zero-order valence-electron chi connectivity index (χ0n) is 36.0. The Morgan fingerprint density at radius 3 is 1.32 bits per heavy atom. The van der Waals surface area contributed by atoms with Gasteiger partial charge in [-0.25, -0.2) is 9.97 Å². The summed E-state index contributed by atoms with van der Waals surface area (Å²) in [6.07, 6.45) is 5.81. The van der Waals surface area contributed by atoms with Gasteiger partial charge >= 0.3 is 0 Å². The van der Waals surface area contributed by atoms with Gasteiger partial charge in [-0.15, -0.1) is 0 Å². The Bertz CT molecular complexity index is 3680. The highest BCUT2D eigenvalue weighted by Gasteiger charge is 2.20. The van der Waals surface area contributed by atoms with Crippen LogP contribution in [0.5, 0.6) is 0 Å². The van der Waals surface area contributed by atoms with Crippen molar-refractivity contribution in [1.29, 1.82) is 10.5 Å². The number of nitrogens with zero attached hydrogens (tertiary/aromatic N) is 8. The predicted octanol–water partition coefficient (Wildman–Crippen LogP) is 13.4. The second-order valence-electron chi connectivity index (χ2n) is 16.2. The van der Waals surface area contributed by atoms with Gasteiger partial charge in [0, 0.05) is 56.9 Å². The molecule has 0 aliphatic carbocycles. The molecule has 0 amide bonds. The Labute approximate surface area is 397 Å². The van der Waals surface area contributed by atoms with Gasteiger partial charge in [-0.3, -0.25) is 19.1 Å². The first-order chi connectivity index (χ1) is 33.2. The van der Waals surface area contributed by atoms with Gasteiger partial charge in [0.25, 0.3) is 0 Å². The van der Waals surface area contributed by atoms with E-state index in [0.29, 0.717) is 70.2 Å². The maximum absolute atomic E-state index is 8.85. The standard InChI is InChI=1S/2C27H18ClN5O/c2*28-21-14-22-20(13-19(21)25-12-17-5-1-2-6-24(17)34-25)26-23(15-31-22)32-27(30)33(26)18-9-7-16(8-10-18)4-3-11-29/h2*1-2,5-10,12-15H,3-4H2,(H2,30,32). The van der Waals surface area contributed by atoms with Crippen LogP contribution in [0.25, 0.3) is 99.8 Å². The van der Waals surface area contributed by atoms with Crippen LogP contribution >= 0.6 is 23.2 Å². The molecule has 0 unspecified atom stereocenters. The van der Waals surface area contributed by atoms with Crippen molar-refractivity contribution in [3.63, 3.8) is 0 Å². The lowest BCUT2D eigenvalue weighted by Gasteiger charge is -2.10. The predicted molar refractivity (Wildman–Crippen MR) is 270 cm³/mol. The molecular weight excluding hydrogens is 892 g/mol. The van der Waals surface area contributed by atoms with Gasteiger partial charge in [0.15, 0.2) is 0 Å². The quantitative estimate of drug-likeness (QED) is 0.148. The number of imidazole rings is 2. The summed E-state index contributed by atoms with van der Waals surface area (Å²) in [6.45, 7) is 0. The molecule has 0 saturated carbocycles. The SMILES string of the molecule is N#CCCc1ccc(-n2c(N)nc3cnc4cc(Cl)c(-c5cc6ccccc6o5)cc4c32)cc1.N#CCCc1ccc(-n2c(N)nc3cnc4cc(Cl)c(-c5cc6ccccc6o5)cc4c32)cc1. The lowest BCUT2D eigenvalue weighted by Crippen LogP contribution is -2.01. The number of aromatic nitrogens is 6. The van der Waals surface area contributed by atoms with E-state index in [1.54, 1.807) is 12.4 Å². The number of pyridine rings is 2. The Morgan fingerprint density at radius 1 is 0.515 bits per heavy atom. The summed E-state index contributed by atoms with van der Waals surface area (Å²) in [6, 6.07) is 47.7. The van der Waals surface area contributed by atoms with Crippen molar-refractivity contribution in [1.82, 2.24) is 29.1 Å². The van der Waals surface area contributed by atoms with Gasteiger partial charge in [-0.2, -0.15) is 10.5 Å². The Morgan fingerprint density at radius 2 is 0.926 bits per heavy atom. The summed E-state index contributed by atoms with van der Waals surface area (Å²) < 4.78 is 16.0. The summed E-state index contributed by atoms with van der Waals surface area (Å²) in [7, 11) is 0. The van der Waals surface area contributed by atoms with E-state index in [2.05, 4.69) is 32.1 Å². The number of furan rings is 2.